The molecule has 0 aliphatic heterocycles. The molecule has 0 fully saturated rings. The second-order valence-corrected chi connectivity index (χ2v) is 2.52. The Morgan fingerprint density at radius 2 is 1.93 bits per heavy atom. The maximum Gasteiger partial charge on any atom is 0.338 e. The quantitative estimate of drug-likeness (QED) is 0.660. The summed E-state index contributed by atoms with van der Waals surface area (Å²) in [5.74, 6) is -0.557. The third-order valence-electron chi connectivity index (χ3n) is 1.55. The van der Waals surface area contributed by atoms with E-state index in [9.17, 15) is 14.7 Å². The molecule has 0 saturated carbocycles. The topological polar surface area (TPSA) is 63.3 Å². The number of hydrogen-bond acceptors (Lipinski definition) is 3. The molecule has 0 spiro atoms. The minimum absolute atomic E-state index is 0.139. The van der Waals surface area contributed by atoms with E-state index in [0.29, 0.717) is 11.1 Å². The van der Waals surface area contributed by atoms with E-state index in [-0.39, 0.29) is 6.61 Å². The van der Waals surface area contributed by atoms with Crippen LogP contribution < -0.4 is 0 Å². The number of carbonyl (C=O) groups is 1. The third-order valence-corrected chi connectivity index (χ3v) is 1.55. The number of benzene rings is 1. The van der Waals surface area contributed by atoms with Gasteiger partial charge in [-0.05, 0) is 12.1 Å². The predicted octanol–water partition coefficient (Wildman–Crippen LogP) is 0.732. The van der Waals surface area contributed by atoms with Gasteiger partial charge >= 0.3 is 5.97 Å². The first-order chi connectivity index (χ1) is 6.77. The van der Waals surface area contributed by atoms with Crippen molar-refractivity contribution in [2.75, 3.05) is 13.2 Å². The van der Waals surface area contributed by atoms with E-state index < -0.39 is 12.6 Å². The fourth-order valence-electron chi connectivity index (χ4n) is 0.892. The van der Waals surface area contributed by atoms with Crippen molar-refractivity contribution in [3.8, 4) is 0 Å². The highest BCUT2D eigenvalue weighted by Gasteiger charge is 2.05. The van der Waals surface area contributed by atoms with Gasteiger partial charge in [-0.25, -0.2) is 9.90 Å². The van der Waals surface area contributed by atoms with Crippen LogP contribution >= 0.6 is 0 Å². The largest absolute Gasteiger partial charge is 0.460 e. The Hall–Kier alpha value is -1.68. The highest BCUT2D eigenvalue weighted by molar-refractivity contribution is 5.90. The van der Waals surface area contributed by atoms with Crippen molar-refractivity contribution in [1.29, 1.82) is 0 Å². The molecule has 0 aliphatic rings. The summed E-state index contributed by atoms with van der Waals surface area (Å²) in [6.07, 6.45) is 1.68. The molecule has 4 heteroatoms. The maximum absolute atomic E-state index is 11.1. The highest BCUT2D eigenvalue weighted by Crippen LogP contribution is 2.03. The molecule has 14 heavy (non-hydrogen) atoms. The van der Waals surface area contributed by atoms with Gasteiger partial charge in [0.1, 0.15) is 13.2 Å². The fraction of sp³-hybridized carbons (Fsp3) is 0.200. The molecule has 0 heterocycles. The van der Waals surface area contributed by atoms with E-state index in [1.807, 2.05) is 0 Å². The van der Waals surface area contributed by atoms with Crippen molar-refractivity contribution in [3.63, 3.8) is 0 Å². The van der Waals surface area contributed by atoms with Crippen molar-refractivity contribution >= 4 is 12.3 Å². The lowest BCUT2D eigenvalue weighted by Gasteiger charge is -2.01. The van der Waals surface area contributed by atoms with Gasteiger partial charge in [-0.15, -0.1) is 0 Å². The first kappa shape index (κ1) is 10.4. The van der Waals surface area contributed by atoms with Crippen molar-refractivity contribution in [2.45, 2.75) is 0 Å². The SMILES string of the molecule is [O]CCOC(=O)c1ccc([C]=O)cc1. The van der Waals surface area contributed by atoms with Crippen LogP contribution in [0.5, 0.6) is 0 Å². The summed E-state index contributed by atoms with van der Waals surface area (Å²) in [4.78, 5) is 21.3. The van der Waals surface area contributed by atoms with Crippen LogP contribution in [0.25, 0.3) is 0 Å². The summed E-state index contributed by atoms with van der Waals surface area (Å²) < 4.78 is 4.60. The summed E-state index contributed by atoms with van der Waals surface area (Å²) in [6, 6.07) is 5.82. The average Bonchev–Trinajstić information content (AvgIpc) is 2.26. The number of rotatable bonds is 4. The van der Waals surface area contributed by atoms with Gasteiger partial charge in [-0.3, -0.25) is 4.79 Å². The number of ether oxygens (including phenoxy) is 1. The maximum atomic E-state index is 11.1. The molecule has 2 radical (unpaired) electrons. The zero-order chi connectivity index (χ0) is 10.4. The molecule has 0 saturated heterocycles. The van der Waals surface area contributed by atoms with E-state index in [4.69, 9.17) is 0 Å². The Morgan fingerprint density at radius 1 is 1.29 bits per heavy atom. The third kappa shape index (κ3) is 2.67. The molecule has 0 amide bonds. The van der Waals surface area contributed by atoms with Gasteiger partial charge in [0.15, 0.2) is 0 Å². The molecule has 1 rings (SSSR count). The summed E-state index contributed by atoms with van der Waals surface area (Å²) in [5, 5.41) is 10.0. The normalized spacial score (nSPS) is 9.50. The van der Waals surface area contributed by atoms with Gasteiger partial charge in [-0.2, -0.15) is 0 Å². The Bertz CT molecular complexity index is 315. The van der Waals surface area contributed by atoms with Gasteiger partial charge < -0.3 is 4.74 Å². The van der Waals surface area contributed by atoms with Crippen LogP contribution in [0.4, 0.5) is 0 Å². The summed E-state index contributed by atoms with van der Waals surface area (Å²) in [6.45, 7) is -0.591. The lowest BCUT2D eigenvalue weighted by molar-refractivity contribution is 0.0365. The van der Waals surface area contributed by atoms with Crippen LogP contribution in [0.2, 0.25) is 0 Å². The molecule has 4 nitrogen and oxygen atoms in total. The molecule has 1 aromatic carbocycles. The molecule has 0 bridgehead atoms. The second kappa shape index (κ2) is 5.14. The van der Waals surface area contributed by atoms with E-state index in [0.717, 1.165) is 0 Å². The smallest absolute Gasteiger partial charge is 0.338 e. The standard InChI is InChI=1S/C10H8O4/c11-5-6-14-10(13)9-3-1-8(7-12)2-4-9/h1-4H,5-6H2. The molecule has 0 N–H and O–H groups in total. The Balaban J connectivity index is 2.66. The zero-order valence-corrected chi connectivity index (χ0v) is 7.36. The van der Waals surface area contributed by atoms with Crippen molar-refractivity contribution in [3.05, 3.63) is 35.4 Å². The Labute approximate surface area is 81.1 Å². The molecule has 0 atom stereocenters. The second-order valence-electron chi connectivity index (χ2n) is 2.52. The Morgan fingerprint density at radius 3 is 2.43 bits per heavy atom. The van der Waals surface area contributed by atoms with Crippen LogP contribution in [-0.4, -0.2) is 25.5 Å². The Kier molecular flexibility index (Phi) is 3.82. The monoisotopic (exact) mass is 192 g/mol. The van der Waals surface area contributed by atoms with Crippen LogP contribution in [0.3, 0.4) is 0 Å². The first-order valence-corrected chi connectivity index (χ1v) is 4.01. The lowest BCUT2D eigenvalue weighted by atomic mass is 10.1. The molecule has 0 unspecified atom stereocenters. The van der Waals surface area contributed by atoms with Gasteiger partial charge in [0.05, 0.1) is 5.56 Å². The lowest BCUT2D eigenvalue weighted by Crippen LogP contribution is -2.08. The van der Waals surface area contributed by atoms with Gasteiger partial charge in [-0.1, -0.05) is 12.1 Å². The molecule has 72 valence electrons. The summed E-state index contributed by atoms with van der Waals surface area (Å²) in [7, 11) is 0. The van der Waals surface area contributed by atoms with Crippen molar-refractivity contribution in [1.82, 2.24) is 0 Å². The number of carbonyl (C=O) groups excluding carboxylic acids is 2. The molecular weight excluding hydrogens is 184 g/mol. The number of hydrogen-bond donors (Lipinski definition) is 0. The minimum atomic E-state index is -0.557. The summed E-state index contributed by atoms with van der Waals surface area (Å²) in [5.41, 5.74) is 0.683. The van der Waals surface area contributed by atoms with Gasteiger partial charge in [0.25, 0.3) is 0 Å². The van der Waals surface area contributed by atoms with E-state index in [1.54, 1.807) is 6.29 Å². The minimum Gasteiger partial charge on any atom is -0.460 e. The van der Waals surface area contributed by atoms with Crippen LogP contribution in [0.15, 0.2) is 24.3 Å². The molecule has 0 aliphatic carbocycles. The fourth-order valence-corrected chi connectivity index (χ4v) is 0.892. The number of esters is 1. The van der Waals surface area contributed by atoms with Gasteiger partial charge in [0, 0.05) is 5.56 Å². The molecule has 1 aromatic rings. The first-order valence-electron chi connectivity index (χ1n) is 4.01. The van der Waals surface area contributed by atoms with E-state index >= 15 is 0 Å². The van der Waals surface area contributed by atoms with Crippen LogP contribution in [0.1, 0.15) is 15.9 Å². The average molecular weight is 192 g/mol. The van der Waals surface area contributed by atoms with Crippen LogP contribution in [0, 0.1) is 0 Å². The van der Waals surface area contributed by atoms with E-state index in [1.165, 1.54) is 24.3 Å². The molecule has 0 aromatic heterocycles. The van der Waals surface area contributed by atoms with Crippen molar-refractivity contribution < 1.29 is 19.4 Å². The van der Waals surface area contributed by atoms with E-state index in [2.05, 4.69) is 4.74 Å². The predicted molar refractivity (Wildman–Crippen MR) is 47.1 cm³/mol. The summed E-state index contributed by atoms with van der Waals surface area (Å²) >= 11 is 0. The zero-order valence-electron chi connectivity index (χ0n) is 7.36. The molecular formula is C10H8O4. The highest BCUT2D eigenvalue weighted by atomic mass is 16.5. The van der Waals surface area contributed by atoms with Gasteiger partial charge in [0.2, 0.25) is 6.29 Å². The van der Waals surface area contributed by atoms with Crippen LogP contribution in [-0.2, 0) is 14.6 Å². The van der Waals surface area contributed by atoms with Crippen molar-refractivity contribution in [2.24, 2.45) is 0 Å².